The number of rotatable bonds is 4. The molecule has 0 saturated carbocycles. The molecule has 0 aliphatic rings. The summed E-state index contributed by atoms with van der Waals surface area (Å²) in [7, 11) is 0. The van der Waals surface area contributed by atoms with Crippen molar-refractivity contribution in [1.29, 1.82) is 0 Å². The van der Waals surface area contributed by atoms with Gasteiger partial charge in [-0.1, -0.05) is 57.9 Å². The summed E-state index contributed by atoms with van der Waals surface area (Å²) in [6.45, 7) is 2.02. The fourth-order valence-corrected chi connectivity index (χ4v) is 2.27. The van der Waals surface area contributed by atoms with Crippen molar-refractivity contribution in [2.75, 3.05) is 0 Å². The highest BCUT2D eigenvalue weighted by Crippen LogP contribution is 2.23. The van der Waals surface area contributed by atoms with Gasteiger partial charge in [0.15, 0.2) is 0 Å². The second-order valence-electron chi connectivity index (χ2n) is 4.63. The van der Waals surface area contributed by atoms with Gasteiger partial charge in [-0.25, -0.2) is 0 Å². The van der Waals surface area contributed by atoms with Crippen LogP contribution in [0, 0.1) is 6.92 Å². The second kappa shape index (κ2) is 6.02. The molecular formula is C16H15BrO2. The summed E-state index contributed by atoms with van der Waals surface area (Å²) in [5.41, 5.74) is 3.05. The summed E-state index contributed by atoms with van der Waals surface area (Å²) in [6.07, 6.45) is 0.511. The van der Waals surface area contributed by atoms with Gasteiger partial charge >= 0.3 is 5.97 Å². The van der Waals surface area contributed by atoms with Crippen LogP contribution < -0.4 is 0 Å². The molecule has 0 fully saturated rings. The number of halogens is 1. The molecule has 0 heterocycles. The molecule has 0 aliphatic heterocycles. The second-order valence-corrected chi connectivity index (χ2v) is 5.55. The Morgan fingerprint density at radius 1 is 1.11 bits per heavy atom. The zero-order valence-electron chi connectivity index (χ0n) is 10.6. The minimum atomic E-state index is -0.789. The summed E-state index contributed by atoms with van der Waals surface area (Å²) >= 11 is 3.36. The van der Waals surface area contributed by atoms with Gasteiger partial charge in [-0.2, -0.15) is 0 Å². The van der Waals surface area contributed by atoms with Crippen molar-refractivity contribution in [2.45, 2.75) is 19.3 Å². The van der Waals surface area contributed by atoms with Gasteiger partial charge in [-0.15, -0.1) is 0 Å². The fourth-order valence-electron chi connectivity index (χ4n) is 2.00. The Morgan fingerprint density at radius 3 is 2.21 bits per heavy atom. The lowest BCUT2D eigenvalue weighted by Crippen LogP contribution is -2.14. The molecule has 0 bridgehead atoms. The maximum atomic E-state index is 11.4. The van der Waals surface area contributed by atoms with Crippen LogP contribution in [0.4, 0.5) is 0 Å². The van der Waals surface area contributed by atoms with Crippen LogP contribution in [-0.2, 0) is 11.2 Å². The van der Waals surface area contributed by atoms with E-state index in [2.05, 4.69) is 15.9 Å². The molecule has 0 amide bonds. The van der Waals surface area contributed by atoms with Crippen molar-refractivity contribution in [3.63, 3.8) is 0 Å². The smallest absolute Gasteiger partial charge is 0.311 e. The highest BCUT2D eigenvalue weighted by atomic mass is 79.9. The van der Waals surface area contributed by atoms with Gasteiger partial charge < -0.3 is 5.11 Å². The molecule has 0 aliphatic carbocycles. The van der Waals surface area contributed by atoms with Gasteiger partial charge in [0.2, 0.25) is 0 Å². The highest BCUT2D eigenvalue weighted by Gasteiger charge is 2.20. The molecule has 2 nitrogen and oxygen atoms in total. The van der Waals surface area contributed by atoms with Crippen LogP contribution in [0.2, 0.25) is 0 Å². The average molecular weight is 319 g/mol. The van der Waals surface area contributed by atoms with Gasteiger partial charge in [-0.3, -0.25) is 4.79 Å². The standard InChI is InChI=1S/C16H15BrO2/c1-11-2-4-12(5-3-11)10-15(16(18)19)13-6-8-14(17)9-7-13/h2-9,15H,10H2,1H3,(H,18,19). The van der Waals surface area contributed by atoms with Crippen molar-refractivity contribution < 1.29 is 9.90 Å². The van der Waals surface area contributed by atoms with Crippen molar-refractivity contribution in [2.24, 2.45) is 0 Å². The first-order valence-electron chi connectivity index (χ1n) is 6.10. The lowest BCUT2D eigenvalue weighted by Gasteiger charge is -2.13. The first-order chi connectivity index (χ1) is 9.06. The van der Waals surface area contributed by atoms with Crippen molar-refractivity contribution in [1.82, 2.24) is 0 Å². The van der Waals surface area contributed by atoms with E-state index < -0.39 is 11.9 Å². The zero-order chi connectivity index (χ0) is 13.8. The Kier molecular flexibility index (Phi) is 4.38. The molecule has 0 saturated heterocycles. The molecule has 3 heteroatoms. The third-order valence-electron chi connectivity index (χ3n) is 3.13. The summed E-state index contributed by atoms with van der Waals surface area (Å²) in [4.78, 5) is 11.4. The Balaban J connectivity index is 2.23. The molecule has 2 aromatic carbocycles. The first-order valence-corrected chi connectivity index (χ1v) is 6.89. The largest absolute Gasteiger partial charge is 0.481 e. The van der Waals surface area contributed by atoms with Crippen molar-refractivity contribution in [3.05, 3.63) is 69.7 Å². The van der Waals surface area contributed by atoms with Crippen LogP contribution in [0.3, 0.4) is 0 Å². The number of carboxylic acids is 1. The van der Waals surface area contributed by atoms with Gasteiger partial charge in [-0.05, 0) is 36.6 Å². The van der Waals surface area contributed by atoms with Crippen LogP contribution in [0.5, 0.6) is 0 Å². The quantitative estimate of drug-likeness (QED) is 0.918. The number of carbonyl (C=O) groups is 1. The molecule has 0 radical (unpaired) electrons. The molecular weight excluding hydrogens is 304 g/mol. The third-order valence-corrected chi connectivity index (χ3v) is 3.66. The van der Waals surface area contributed by atoms with E-state index in [-0.39, 0.29) is 0 Å². The molecule has 19 heavy (non-hydrogen) atoms. The lowest BCUT2D eigenvalue weighted by atomic mass is 9.92. The molecule has 98 valence electrons. The maximum absolute atomic E-state index is 11.4. The summed E-state index contributed by atoms with van der Waals surface area (Å²) in [5, 5.41) is 9.40. The SMILES string of the molecule is Cc1ccc(CC(C(=O)O)c2ccc(Br)cc2)cc1. The van der Waals surface area contributed by atoms with E-state index in [1.54, 1.807) is 0 Å². The van der Waals surface area contributed by atoms with Crippen molar-refractivity contribution >= 4 is 21.9 Å². The molecule has 2 aromatic rings. The summed E-state index contributed by atoms with van der Waals surface area (Å²) < 4.78 is 0.954. The van der Waals surface area contributed by atoms with E-state index in [9.17, 15) is 9.90 Å². The number of benzene rings is 2. The third kappa shape index (κ3) is 3.67. The molecule has 1 N–H and O–H groups in total. The number of carboxylic acid groups (broad SMARTS) is 1. The maximum Gasteiger partial charge on any atom is 0.311 e. The predicted octanol–water partition coefficient (Wildman–Crippen LogP) is 4.17. The van der Waals surface area contributed by atoms with E-state index in [0.717, 1.165) is 15.6 Å². The van der Waals surface area contributed by atoms with Crippen LogP contribution >= 0.6 is 15.9 Å². The zero-order valence-corrected chi connectivity index (χ0v) is 12.2. The van der Waals surface area contributed by atoms with E-state index in [4.69, 9.17) is 0 Å². The first kappa shape index (κ1) is 13.8. The van der Waals surface area contributed by atoms with Crippen LogP contribution in [0.25, 0.3) is 0 Å². The monoisotopic (exact) mass is 318 g/mol. The van der Waals surface area contributed by atoms with Gasteiger partial charge in [0, 0.05) is 4.47 Å². The van der Waals surface area contributed by atoms with Crippen LogP contribution in [0.15, 0.2) is 53.0 Å². The van der Waals surface area contributed by atoms with E-state index in [1.165, 1.54) is 5.56 Å². The fraction of sp³-hybridized carbons (Fsp3) is 0.188. The van der Waals surface area contributed by atoms with E-state index >= 15 is 0 Å². The van der Waals surface area contributed by atoms with Crippen LogP contribution in [0.1, 0.15) is 22.6 Å². The van der Waals surface area contributed by atoms with Gasteiger partial charge in [0.1, 0.15) is 0 Å². The molecule has 1 unspecified atom stereocenters. The number of aryl methyl sites for hydroxylation is 1. The Morgan fingerprint density at radius 2 is 1.68 bits per heavy atom. The predicted molar refractivity (Wildman–Crippen MR) is 79.4 cm³/mol. The van der Waals surface area contributed by atoms with Gasteiger partial charge in [0.05, 0.1) is 5.92 Å². The lowest BCUT2D eigenvalue weighted by molar-refractivity contribution is -0.138. The summed E-state index contributed by atoms with van der Waals surface area (Å²) in [5.74, 6) is -1.29. The Labute approximate surface area is 121 Å². The Bertz CT molecular complexity index is 558. The number of aliphatic carboxylic acids is 1. The normalized spacial score (nSPS) is 12.1. The molecule has 1 atom stereocenters. The molecule has 2 rings (SSSR count). The summed E-state index contributed by atoms with van der Waals surface area (Å²) in [6, 6.07) is 15.5. The van der Waals surface area contributed by atoms with Gasteiger partial charge in [0.25, 0.3) is 0 Å². The minimum absolute atomic E-state index is 0.504. The minimum Gasteiger partial charge on any atom is -0.481 e. The average Bonchev–Trinajstić information content (AvgIpc) is 2.39. The topological polar surface area (TPSA) is 37.3 Å². The van der Waals surface area contributed by atoms with E-state index in [1.807, 2.05) is 55.5 Å². The van der Waals surface area contributed by atoms with Crippen LogP contribution in [-0.4, -0.2) is 11.1 Å². The number of hydrogen-bond acceptors (Lipinski definition) is 1. The van der Waals surface area contributed by atoms with E-state index in [0.29, 0.717) is 6.42 Å². The molecule has 0 spiro atoms. The van der Waals surface area contributed by atoms with Crippen molar-refractivity contribution in [3.8, 4) is 0 Å². The Hall–Kier alpha value is -1.61. The molecule has 0 aromatic heterocycles. The number of hydrogen-bond donors (Lipinski definition) is 1. The highest BCUT2D eigenvalue weighted by molar-refractivity contribution is 9.10.